The zero-order valence-corrected chi connectivity index (χ0v) is 13.1. The lowest BCUT2D eigenvalue weighted by molar-refractivity contribution is -0.119. The van der Waals surface area contributed by atoms with Crippen LogP contribution in [0.1, 0.15) is 38.5 Å². The van der Waals surface area contributed by atoms with E-state index in [2.05, 4.69) is 16.3 Å². The molecule has 1 heterocycles. The number of hydrogen-bond donors (Lipinski definition) is 2. The zero-order valence-electron chi connectivity index (χ0n) is 13.1. The fourth-order valence-electron chi connectivity index (χ4n) is 3.63. The maximum Gasteiger partial charge on any atom is 0.227 e. The van der Waals surface area contributed by atoms with Gasteiger partial charge in [0.25, 0.3) is 0 Å². The number of nitrogens with zero attached hydrogens (tertiary/aromatic N) is 1. The molecular formula is C18H26N2O2. The van der Waals surface area contributed by atoms with E-state index in [9.17, 15) is 9.90 Å². The summed E-state index contributed by atoms with van der Waals surface area (Å²) in [5, 5.41) is 12.4. The molecule has 2 N–H and O–H groups in total. The predicted octanol–water partition coefficient (Wildman–Crippen LogP) is 3.02. The Kier molecular flexibility index (Phi) is 4.98. The van der Waals surface area contributed by atoms with Crippen LogP contribution in [0.25, 0.3) is 0 Å². The molecule has 120 valence electrons. The summed E-state index contributed by atoms with van der Waals surface area (Å²) < 4.78 is 0. The third-order valence-electron chi connectivity index (χ3n) is 5.10. The Labute approximate surface area is 132 Å². The van der Waals surface area contributed by atoms with Gasteiger partial charge < -0.3 is 15.3 Å². The molecule has 0 unspecified atom stereocenters. The third kappa shape index (κ3) is 3.43. The molecule has 1 saturated carbocycles. The molecule has 2 fully saturated rings. The molecule has 0 atom stereocenters. The zero-order chi connectivity index (χ0) is 15.4. The highest BCUT2D eigenvalue weighted by molar-refractivity contribution is 5.96. The lowest BCUT2D eigenvalue weighted by Crippen LogP contribution is -2.35. The minimum Gasteiger partial charge on any atom is -0.396 e. The molecule has 4 heteroatoms. The SMILES string of the molecule is O=C(Nc1ccccc1N1CCC(CO)CC1)C1CCCC1. The summed E-state index contributed by atoms with van der Waals surface area (Å²) in [6.45, 7) is 2.18. The molecule has 0 aromatic heterocycles. The Bertz CT molecular complexity index is 504. The van der Waals surface area contributed by atoms with Crippen LogP contribution < -0.4 is 10.2 Å². The molecule has 0 radical (unpaired) electrons. The van der Waals surface area contributed by atoms with Gasteiger partial charge in [0.1, 0.15) is 0 Å². The van der Waals surface area contributed by atoms with E-state index >= 15 is 0 Å². The van der Waals surface area contributed by atoms with Gasteiger partial charge in [-0.05, 0) is 43.7 Å². The minimum absolute atomic E-state index is 0.176. The summed E-state index contributed by atoms with van der Waals surface area (Å²) in [5.74, 6) is 0.792. The fourth-order valence-corrected chi connectivity index (χ4v) is 3.63. The summed E-state index contributed by atoms with van der Waals surface area (Å²) in [4.78, 5) is 14.7. The molecule has 0 spiro atoms. The van der Waals surface area contributed by atoms with Gasteiger partial charge in [-0.25, -0.2) is 0 Å². The first-order valence-electron chi connectivity index (χ1n) is 8.53. The predicted molar refractivity (Wildman–Crippen MR) is 89.1 cm³/mol. The van der Waals surface area contributed by atoms with Gasteiger partial charge in [0.15, 0.2) is 0 Å². The van der Waals surface area contributed by atoms with Crippen LogP contribution in [-0.2, 0) is 4.79 Å². The van der Waals surface area contributed by atoms with Crippen molar-refractivity contribution in [1.29, 1.82) is 0 Å². The first-order chi connectivity index (χ1) is 10.8. The number of carbonyl (C=O) groups is 1. The van der Waals surface area contributed by atoms with E-state index in [0.29, 0.717) is 5.92 Å². The number of benzene rings is 1. The van der Waals surface area contributed by atoms with Gasteiger partial charge in [0.2, 0.25) is 5.91 Å². The van der Waals surface area contributed by atoms with Crippen LogP contribution >= 0.6 is 0 Å². The molecule has 3 rings (SSSR count). The van der Waals surface area contributed by atoms with Gasteiger partial charge in [-0.1, -0.05) is 25.0 Å². The molecule has 1 saturated heterocycles. The average molecular weight is 302 g/mol. The van der Waals surface area contributed by atoms with Gasteiger partial charge >= 0.3 is 0 Å². The number of carbonyl (C=O) groups excluding carboxylic acids is 1. The van der Waals surface area contributed by atoms with Gasteiger partial charge in [-0.15, -0.1) is 0 Å². The van der Waals surface area contributed by atoms with E-state index in [1.807, 2.05) is 18.2 Å². The number of amides is 1. The lowest BCUT2D eigenvalue weighted by atomic mass is 9.97. The van der Waals surface area contributed by atoms with Crippen LogP contribution in [0.3, 0.4) is 0 Å². The van der Waals surface area contributed by atoms with Gasteiger partial charge in [0, 0.05) is 25.6 Å². The standard InChI is InChI=1S/C18H26N2O2/c21-13-14-9-11-20(12-10-14)17-8-4-3-7-16(17)19-18(22)15-5-1-2-6-15/h3-4,7-8,14-15,21H,1-2,5-6,9-13H2,(H,19,22). The fraction of sp³-hybridized carbons (Fsp3) is 0.611. The Morgan fingerprint density at radius 3 is 2.50 bits per heavy atom. The second-order valence-electron chi connectivity index (χ2n) is 6.60. The molecule has 1 aromatic rings. The van der Waals surface area contributed by atoms with Gasteiger partial charge in [-0.2, -0.15) is 0 Å². The first kappa shape index (κ1) is 15.3. The highest BCUT2D eigenvalue weighted by atomic mass is 16.3. The van der Waals surface area contributed by atoms with Crippen LogP contribution in [0.15, 0.2) is 24.3 Å². The Morgan fingerprint density at radius 2 is 1.82 bits per heavy atom. The van der Waals surface area contributed by atoms with E-state index in [0.717, 1.165) is 50.1 Å². The van der Waals surface area contributed by atoms with Crippen LogP contribution in [0.4, 0.5) is 11.4 Å². The summed E-state index contributed by atoms with van der Waals surface area (Å²) >= 11 is 0. The lowest BCUT2D eigenvalue weighted by Gasteiger charge is -2.34. The quantitative estimate of drug-likeness (QED) is 0.899. The van der Waals surface area contributed by atoms with Crippen LogP contribution in [-0.4, -0.2) is 30.7 Å². The summed E-state index contributed by atoms with van der Waals surface area (Å²) in [6.07, 6.45) is 6.43. The van der Waals surface area contributed by atoms with Crippen LogP contribution in [0.2, 0.25) is 0 Å². The highest BCUT2D eigenvalue weighted by Crippen LogP contribution is 2.31. The number of piperidine rings is 1. The summed E-state index contributed by atoms with van der Waals surface area (Å²) in [6, 6.07) is 8.09. The third-order valence-corrected chi connectivity index (χ3v) is 5.10. The van der Waals surface area contributed by atoms with E-state index in [1.165, 1.54) is 12.8 Å². The number of aliphatic hydroxyl groups is 1. The van der Waals surface area contributed by atoms with E-state index in [-0.39, 0.29) is 18.4 Å². The van der Waals surface area contributed by atoms with Crippen molar-refractivity contribution in [3.05, 3.63) is 24.3 Å². The second-order valence-corrected chi connectivity index (χ2v) is 6.60. The van der Waals surface area contributed by atoms with Crippen molar-refractivity contribution < 1.29 is 9.90 Å². The largest absolute Gasteiger partial charge is 0.396 e. The number of anilines is 2. The molecule has 4 nitrogen and oxygen atoms in total. The van der Waals surface area contributed by atoms with Crippen molar-refractivity contribution in [2.45, 2.75) is 38.5 Å². The molecule has 1 aliphatic heterocycles. The second kappa shape index (κ2) is 7.14. The van der Waals surface area contributed by atoms with Gasteiger partial charge in [-0.3, -0.25) is 4.79 Å². The number of aliphatic hydroxyl groups excluding tert-OH is 1. The number of rotatable bonds is 4. The van der Waals surface area contributed by atoms with Gasteiger partial charge in [0.05, 0.1) is 11.4 Å². The highest BCUT2D eigenvalue weighted by Gasteiger charge is 2.25. The smallest absolute Gasteiger partial charge is 0.227 e. The van der Waals surface area contributed by atoms with Crippen LogP contribution in [0, 0.1) is 11.8 Å². The summed E-state index contributed by atoms with van der Waals surface area (Å²) in [7, 11) is 0. The van der Waals surface area contributed by atoms with E-state index in [1.54, 1.807) is 0 Å². The maximum atomic E-state index is 12.4. The van der Waals surface area contributed by atoms with Crippen molar-refractivity contribution >= 4 is 17.3 Å². The number of hydrogen-bond acceptors (Lipinski definition) is 3. The number of para-hydroxylation sites is 2. The normalized spacial score (nSPS) is 20.3. The van der Waals surface area contributed by atoms with Crippen molar-refractivity contribution in [3.63, 3.8) is 0 Å². The Hall–Kier alpha value is -1.55. The molecule has 22 heavy (non-hydrogen) atoms. The van der Waals surface area contributed by atoms with Crippen molar-refractivity contribution in [2.24, 2.45) is 11.8 Å². The first-order valence-corrected chi connectivity index (χ1v) is 8.53. The molecule has 1 aliphatic carbocycles. The van der Waals surface area contributed by atoms with E-state index in [4.69, 9.17) is 0 Å². The van der Waals surface area contributed by atoms with Crippen molar-refractivity contribution in [3.8, 4) is 0 Å². The molecule has 1 aromatic carbocycles. The average Bonchev–Trinajstić information content (AvgIpc) is 3.10. The van der Waals surface area contributed by atoms with E-state index < -0.39 is 0 Å². The topological polar surface area (TPSA) is 52.6 Å². The Morgan fingerprint density at radius 1 is 1.14 bits per heavy atom. The molecule has 1 amide bonds. The minimum atomic E-state index is 0.176. The molecular weight excluding hydrogens is 276 g/mol. The Balaban J connectivity index is 1.68. The number of nitrogens with one attached hydrogen (secondary N) is 1. The van der Waals surface area contributed by atoms with Crippen molar-refractivity contribution in [1.82, 2.24) is 0 Å². The summed E-state index contributed by atoms with van der Waals surface area (Å²) in [5.41, 5.74) is 2.05. The van der Waals surface area contributed by atoms with Crippen LogP contribution in [0.5, 0.6) is 0 Å². The maximum absolute atomic E-state index is 12.4. The molecule has 0 bridgehead atoms. The van der Waals surface area contributed by atoms with Crippen molar-refractivity contribution in [2.75, 3.05) is 29.9 Å². The monoisotopic (exact) mass is 302 g/mol. The molecule has 2 aliphatic rings.